The summed E-state index contributed by atoms with van der Waals surface area (Å²) < 4.78 is 0. The maximum Gasteiger partial charge on any atom is 0.293 e. The molecule has 1 amide bonds. The van der Waals surface area contributed by atoms with Crippen molar-refractivity contribution in [1.29, 1.82) is 0 Å². The van der Waals surface area contributed by atoms with Crippen molar-refractivity contribution in [1.82, 2.24) is 0 Å². The van der Waals surface area contributed by atoms with Crippen LogP contribution in [0.2, 0.25) is 5.02 Å². The van der Waals surface area contributed by atoms with Crippen molar-refractivity contribution < 1.29 is 9.90 Å². The molecule has 0 saturated carbocycles. The van der Waals surface area contributed by atoms with E-state index in [9.17, 15) is 4.79 Å². The van der Waals surface area contributed by atoms with Crippen LogP contribution in [0.3, 0.4) is 0 Å². The topological polar surface area (TPSA) is 63.3 Å². The van der Waals surface area contributed by atoms with Gasteiger partial charge in [-0.2, -0.15) is 0 Å². The molecule has 66 valence electrons. The fourth-order valence-electron chi connectivity index (χ4n) is 0.745. The van der Waals surface area contributed by atoms with Crippen LogP contribution >= 0.6 is 11.6 Å². The molecule has 0 aliphatic heterocycles. The molecule has 0 saturated heterocycles. The fraction of sp³-hybridized carbons (Fsp3) is 0. The second-order valence-electron chi connectivity index (χ2n) is 2.25. The van der Waals surface area contributed by atoms with Gasteiger partial charge in [-0.05, 0) is 12.1 Å². The molecule has 0 bridgehead atoms. The van der Waals surface area contributed by atoms with Crippen molar-refractivity contribution in [2.24, 2.45) is 5.73 Å². The van der Waals surface area contributed by atoms with E-state index in [2.05, 4.69) is 11.8 Å². The highest BCUT2D eigenvalue weighted by Crippen LogP contribution is 2.25. The number of benzene rings is 1. The lowest BCUT2D eigenvalue weighted by molar-refractivity contribution is -0.112. The van der Waals surface area contributed by atoms with Crippen LogP contribution in [-0.4, -0.2) is 11.0 Å². The van der Waals surface area contributed by atoms with Gasteiger partial charge in [-0.1, -0.05) is 23.6 Å². The highest BCUT2D eigenvalue weighted by atomic mass is 35.5. The summed E-state index contributed by atoms with van der Waals surface area (Å²) >= 11 is 5.67. The maximum absolute atomic E-state index is 10.3. The number of phenols is 1. The number of amides is 1. The Labute approximate surface area is 80.1 Å². The van der Waals surface area contributed by atoms with E-state index in [1.54, 1.807) is 12.1 Å². The van der Waals surface area contributed by atoms with Crippen molar-refractivity contribution in [3.05, 3.63) is 28.8 Å². The quantitative estimate of drug-likeness (QED) is 0.604. The van der Waals surface area contributed by atoms with Crippen LogP contribution < -0.4 is 5.73 Å². The first-order valence-corrected chi connectivity index (χ1v) is 3.78. The van der Waals surface area contributed by atoms with Crippen molar-refractivity contribution in [3.8, 4) is 17.6 Å². The van der Waals surface area contributed by atoms with E-state index in [4.69, 9.17) is 22.4 Å². The molecule has 0 radical (unpaired) electrons. The third-order valence-corrected chi connectivity index (χ3v) is 1.70. The average Bonchev–Trinajstić information content (AvgIpc) is 2.07. The van der Waals surface area contributed by atoms with Gasteiger partial charge < -0.3 is 10.8 Å². The predicted octanol–water partition coefficient (Wildman–Crippen LogP) is 0.882. The third-order valence-electron chi connectivity index (χ3n) is 1.30. The Morgan fingerprint density at radius 3 is 2.85 bits per heavy atom. The smallest absolute Gasteiger partial charge is 0.293 e. The summed E-state index contributed by atoms with van der Waals surface area (Å²) in [6.45, 7) is 0. The number of carbonyl (C=O) groups excluding carboxylic acids is 1. The molecule has 1 rings (SSSR count). The molecule has 0 aliphatic rings. The van der Waals surface area contributed by atoms with Gasteiger partial charge in [-0.25, -0.2) is 0 Å². The van der Waals surface area contributed by atoms with Crippen LogP contribution in [0.15, 0.2) is 18.2 Å². The van der Waals surface area contributed by atoms with Gasteiger partial charge in [-0.15, -0.1) is 0 Å². The number of hydrogen-bond donors (Lipinski definition) is 2. The number of phenolic OH excluding ortho intramolecular Hbond substituents is 1. The van der Waals surface area contributed by atoms with Crippen molar-refractivity contribution in [2.45, 2.75) is 0 Å². The normalized spacial score (nSPS) is 8.69. The molecule has 0 unspecified atom stereocenters. The number of carbonyl (C=O) groups is 1. The Morgan fingerprint density at radius 1 is 1.54 bits per heavy atom. The summed E-state index contributed by atoms with van der Waals surface area (Å²) in [6.07, 6.45) is 0. The van der Waals surface area contributed by atoms with E-state index in [0.717, 1.165) is 0 Å². The van der Waals surface area contributed by atoms with Crippen molar-refractivity contribution >= 4 is 17.5 Å². The predicted molar refractivity (Wildman–Crippen MR) is 49.2 cm³/mol. The van der Waals surface area contributed by atoms with E-state index in [1.165, 1.54) is 6.07 Å². The SMILES string of the molecule is NC(=O)C#Cc1cccc(O)c1Cl. The van der Waals surface area contributed by atoms with Gasteiger partial charge in [0.25, 0.3) is 5.91 Å². The Bertz CT molecular complexity index is 404. The van der Waals surface area contributed by atoms with Gasteiger partial charge in [0, 0.05) is 11.5 Å². The highest BCUT2D eigenvalue weighted by Gasteiger charge is 2.01. The van der Waals surface area contributed by atoms with E-state index >= 15 is 0 Å². The Morgan fingerprint density at radius 2 is 2.23 bits per heavy atom. The lowest BCUT2D eigenvalue weighted by Crippen LogP contribution is -2.06. The number of primary amides is 1. The first-order valence-electron chi connectivity index (χ1n) is 3.40. The van der Waals surface area contributed by atoms with Crippen molar-refractivity contribution in [3.63, 3.8) is 0 Å². The van der Waals surface area contributed by atoms with Gasteiger partial charge in [0.2, 0.25) is 0 Å². The lowest BCUT2D eigenvalue weighted by atomic mass is 10.2. The molecule has 0 aliphatic carbocycles. The van der Waals surface area contributed by atoms with Crippen LogP contribution in [0.25, 0.3) is 0 Å². The zero-order chi connectivity index (χ0) is 9.84. The number of rotatable bonds is 0. The molecule has 3 nitrogen and oxygen atoms in total. The van der Waals surface area contributed by atoms with Gasteiger partial charge in [0.05, 0.1) is 5.02 Å². The van der Waals surface area contributed by atoms with Crippen molar-refractivity contribution in [2.75, 3.05) is 0 Å². The molecule has 13 heavy (non-hydrogen) atoms. The monoisotopic (exact) mass is 195 g/mol. The summed E-state index contributed by atoms with van der Waals surface area (Å²) in [5, 5.41) is 9.27. The minimum absolute atomic E-state index is 0.0714. The number of halogens is 1. The first kappa shape index (κ1) is 9.43. The summed E-state index contributed by atoms with van der Waals surface area (Å²) in [5.74, 6) is 3.75. The molecule has 0 atom stereocenters. The molecular weight excluding hydrogens is 190 g/mol. The summed E-state index contributed by atoms with van der Waals surface area (Å²) in [7, 11) is 0. The summed E-state index contributed by atoms with van der Waals surface area (Å²) in [5.41, 5.74) is 5.19. The van der Waals surface area contributed by atoms with Crippen LogP contribution in [-0.2, 0) is 4.79 Å². The van der Waals surface area contributed by atoms with E-state index in [-0.39, 0.29) is 10.8 Å². The van der Waals surface area contributed by atoms with Gasteiger partial charge in [-0.3, -0.25) is 4.79 Å². The molecule has 0 aromatic heterocycles. The minimum Gasteiger partial charge on any atom is -0.506 e. The molecule has 1 aromatic rings. The van der Waals surface area contributed by atoms with Crippen LogP contribution in [0.4, 0.5) is 0 Å². The minimum atomic E-state index is -0.737. The van der Waals surface area contributed by atoms with Crippen LogP contribution in [0.1, 0.15) is 5.56 Å². The Balaban J connectivity index is 3.11. The van der Waals surface area contributed by atoms with Gasteiger partial charge >= 0.3 is 0 Å². The van der Waals surface area contributed by atoms with Gasteiger partial charge in [0.1, 0.15) is 5.75 Å². The number of nitrogens with two attached hydrogens (primary N) is 1. The average molecular weight is 196 g/mol. The summed E-state index contributed by atoms with van der Waals surface area (Å²) in [4.78, 5) is 10.3. The van der Waals surface area contributed by atoms with E-state index in [1.807, 2.05) is 0 Å². The fourth-order valence-corrected chi connectivity index (χ4v) is 0.918. The lowest BCUT2D eigenvalue weighted by Gasteiger charge is -1.96. The molecule has 3 N–H and O–H groups in total. The highest BCUT2D eigenvalue weighted by molar-refractivity contribution is 6.33. The second kappa shape index (κ2) is 3.83. The maximum atomic E-state index is 10.3. The summed E-state index contributed by atoms with van der Waals surface area (Å²) in [6, 6.07) is 4.59. The second-order valence-corrected chi connectivity index (χ2v) is 2.63. The number of aromatic hydroxyl groups is 1. The Hall–Kier alpha value is -1.66. The third kappa shape index (κ3) is 2.39. The van der Waals surface area contributed by atoms with E-state index < -0.39 is 5.91 Å². The molecule has 0 heterocycles. The molecule has 0 spiro atoms. The largest absolute Gasteiger partial charge is 0.506 e. The molecular formula is C9H6ClNO2. The first-order chi connectivity index (χ1) is 6.11. The Kier molecular flexibility index (Phi) is 2.78. The number of hydrogen-bond acceptors (Lipinski definition) is 2. The van der Waals surface area contributed by atoms with Crippen LogP contribution in [0.5, 0.6) is 5.75 Å². The van der Waals surface area contributed by atoms with Crippen LogP contribution in [0, 0.1) is 11.8 Å². The molecule has 4 heteroatoms. The molecule has 1 aromatic carbocycles. The van der Waals surface area contributed by atoms with E-state index in [0.29, 0.717) is 5.56 Å². The van der Waals surface area contributed by atoms with Gasteiger partial charge in [0.15, 0.2) is 0 Å². The zero-order valence-corrected chi connectivity index (χ0v) is 7.30. The standard InChI is InChI=1S/C9H6ClNO2/c10-9-6(4-5-8(11)13)2-1-3-7(9)12/h1-3,12H,(H2,11,13). The zero-order valence-electron chi connectivity index (χ0n) is 6.54. The molecule has 0 fully saturated rings.